The van der Waals surface area contributed by atoms with Crippen LogP contribution in [0.5, 0.6) is 0 Å². The van der Waals surface area contributed by atoms with Gasteiger partial charge in [0.25, 0.3) is 0 Å². The first kappa shape index (κ1) is 12.5. The molecule has 0 bridgehead atoms. The Morgan fingerprint density at radius 1 is 1.50 bits per heavy atom. The summed E-state index contributed by atoms with van der Waals surface area (Å²) in [6.45, 7) is 3.38. The first-order valence-corrected chi connectivity index (χ1v) is 5.63. The molecule has 0 spiro atoms. The van der Waals surface area contributed by atoms with Crippen molar-refractivity contribution >= 4 is 6.03 Å². The lowest BCUT2D eigenvalue weighted by Crippen LogP contribution is -2.37. The van der Waals surface area contributed by atoms with Gasteiger partial charge in [-0.15, -0.1) is 0 Å². The summed E-state index contributed by atoms with van der Waals surface area (Å²) in [5.41, 5.74) is 0.899. The van der Waals surface area contributed by atoms with Gasteiger partial charge in [-0.05, 0) is 18.6 Å². The van der Waals surface area contributed by atoms with Crippen molar-refractivity contribution in [2.24, 2.45) is 0 Å². The average molecular weight is 221 g/mol. The van der Waals surface area contributed by atoms with Crippen LogP contribution in [0, 0.1) is 0 Å². The summed E-state index contributed by atoms with van der Waals surface area (Å²) in [5.74, 6) is 0. The van der Waals surface area contributed by atoms with E-state index in [1.807, 2.05) is 18.2 Å². The van der Waals surface area contributed by atoms with Crippen molar-refractivity contribution in [1.29, 1.82) is 0 Å². The first-order valence-electron chi connectivity index (χ1n) is 5.63. The molecule has 1 N–H and O–H groups in total. The molecular formula is C12H19N3O. The van der Waals surface area contributed by atoms with Gasteiger partial charge in [0.05, 0.1) is 12.2 Å². The summed E-state index contributed by atoms with van der Waals surface area (Å²) in [4.78, 5) is 17.4. The van der Waals surface area contributed by atoms with Crippen LogP contribution in [-0.2, 0) is 6.54 Å². The zero-order chi connectivity index (χ0) is 11.8. The Labute approximate surface area is 96.7 Å². The standard InChI is InChI=1S/C12H19N3O/c1-3-4-8-14-12(16)15(2)10-11-7-5-6-9-13-11/h5-7,9H,3-4,8,10H2,1-2H3,(H,14,16). The molecule has 0 aliphatic rings. The monoisotopic (exact) mass is 221 g/mol. The second-order valence-electron chi connectivity index (χ2n) is 3.76. The number of urea groups is 1. The minimum Gasteiger partial charge on any atom is -0.338 e. The second kappa shape index (κ2) is 6.82. The van der Waals surface area contributed by atoms with Crippen LogP contribution in [0.4, 0.5) is 4.79 Å². The number of nitrogens with zero attached hydrogens (tertiary/aromatic N) is 2. The van der Waals surface area contributed by atoms with Crippen LogP contribution in [0.25, 0.3) is 0 Å². The Balaban J connectivity index is 2.34. The number of aromatic nitrogens is 1. The van der Waals surface area contributed by atoms with Gasteiger partial charge < -0.3 is 10.2 Å². The number of rotatable bonds is 5. The summed E-state index contributed by atoms with van der Waals surface area (Å²) < 4.78 is 0. The number of unbranched alkanes of at least 4 members (excludes halogenated alkanes) is 1. The van der Waals surface area contributed by atoms with Crippen molar-refractivity contribution < 1.29 is 4.79 Å². The summed E-state index contributed by atoms with van der Waals surface area (Å²) >= 11 is 0. The number of hydrogen-bond donors (Lipinski definition) is 1. The molecule has 1 heterocycles. The third-order valence-electron chi connectivity index (χ3n) is 2.28. The fourth-order valence-corrected chi connectivity index (χ4v) is 1.31. The average Bonchev–Trinajstić information content (AvgIpc) is 2.30. The first-order chi connectivity index (χ1) is 7.74. The van der Waals surface area contributed by atoms with E-state index in [9.17, 15) is 4.79 Å². The van der Waals surface area contributed by atoms with E-state index in [4.69, 9.17) is 0 Å². The van der Waals surface area contributed by atoms with Crippen LogP contribution in [-0.4, -0.2) is 29.5 Å². The van der Waals surface area contributed by atoms with Crippen molar-refractivity contribution in [2.45, 2.75) is 26.3 Å². The Morgan fingerprint density at radius 2 is 2.31 bits per heavy atom. The van der Waals surface area contributed by atoms with E-state index in [0.717, 1.165) is 25.1 Å². The highest BCUT2D eigenvalue weighted by atomic mass is 16.2. The summed E-state index contributed by atoms with van der Waals surface area (Å²) in [5, 5.41) is 2.86. The molecule has 0 aromatic carbocycles. The zero-order valence-electron chi connectivity index (χ0n) is 9.94. The molecule has 1 aromatic rings. The Hall–Kier alpha value is -1.58. The van der Waals surface area contributed by atoms with Crippen LogP contribution in [0.3, 0.4) is 0 Å². The molecule has 1 aromatic heterocycles. The molecule has 0 aliphatic heterocycles. The van der Waals surface area contributed by atoms with Crippen LogP contribution >= 0.6 is 0 Å². The maximum Gasteiger partial charge on any atom is 0.317 e. The van der Waals surface area contributed by atoms with Crippen LogP contribution in [0.2, 0.25) is 0 Å². The van der Waals surface area contributed by atoms with E-state index in [1.165, 1.54) is 0 Å². The van der Waals surface area contributed by atoms with Gasteiger partial charge in [0.15, 0.2) is 0 Å². The van der Waals surface area contributed by atoms with E-state index in [2.05, 4.69) is 17.2 Å². The van der Waals surface area contributed by atoms with Gasteiger partial charge in [-0.2, -0.15) is 0 Å². The number of amides is 2. The van der Waals surface area contributed by atoms with Gasteiger partial charge in [0, 0.05) is 19.8 Å². The van der Waals surface area contributed by atoms with Crippen LogP contribution in [0.1, 0.15) is 25.5 Å². The molecule has 0 atom stereocenters. The molecule has 0 saturated heterocycles. The maximum absolute atomic E-state index is 11.6. The lowest BCUT2D eigenvalue weighted by atomic mass is 10.3. The molecule has 0 fully saturated rings. The minimum absolute atomic E-state index is 0.0425. The quantitative estimate of drug-likeness (QED) is 0.773. The van der Waals surface area contributed by atoms with Crippen molar-refractivity contribution in [2.75, 3.05) is 13.6 Å². The lowest BCUT2D eigenvalue weighted by molar-refractivity contribution is 0.206. The number of pyridine rings is 1. The molecule has 0 unspecified atom stereocenters. The van der Waals surface area contributed by atoms with Crippen molar-refractivity contribution in [3.63, 3.8) is 0 Å². The van der Waals surface area contributed by atoms with E-state index in [1.54, 1.807) is 18.1 Å². The van der Waals surface area contributed by atoms with E-state index < -0.39 is 0 Å². The van der Waals surface area contributed by atoms with Gasteiger partial charge in [-0.1, -0.05) is 19.4 Å². The smallest absolute Gasteiger partial charge is 0.317 e. The molecule has 0 saturated carbocycles. The van der Waals surface area contributed by atoms with Crippen LogP contribution in [0.15, 0.2) is 24.4 Å². The molecule has 0 radical (unpaired) electrons. The Bertz CT molecular complexity index is 313. The highest BCUT2D eigenvalue weighted by molar-refractivity contribution is 5.73. The topological polar surface area (TPSA) is 45.2 Å². The summed E-state index contributed by atoms with van der Waals surface area (Å²) in [6.07, 6.45) is 3.84. The molecule has 16 heavy (non-hydrogen) atoms. The normalized spacial score (nSPS) is 9.88. The van der Waals surface area contributed by atoms with E-state index in [0.29, 0.717) is 6.54 Å². The molecule has 4 nitrogen and oxygen atoms in total. The zero-order valence-corrected chi connectivity index (χ0v) is 9.94. The highest BCUT2D eigenvalue weighted by Crippen LogP contribution is 1.98. The van der Waals surface area contributed by atoms with Crippen molar-refractivity contribution in [1.82, 2.24) is 15.2 Å². The fraction of sp³-hybridized carbons (Fsp3) is 0.500. The SMILES string of the molecule is CCCCNC(=O)N(C)Cc1ccccn1. The molecule has 2 amide bonds. The number of hydrogen-bond acceptors (Lipinski definition) is 2. The second-order valence-corrected chi connectivity index (χ2v) is 3.76. The molecular weight excluding hydrogens is 202 g/mol. The van der Waals surface area contributed by atoms with Crippen molar-refractivity contribution in [3.8, 4) is 0 Å². The number of carbonyl (C=O) groups excluding carboxylic acids is 1. The molecule has 1 rings (SSSR count). The van der Waals surface area contributed by atoms with Crippen LogP contribution < -0.4 is 5.32 Å². The largest absolute Gasteiger partial charge is 0.338 e. The van der Waals surface area contributed by atoms with Gasteiger partial charge >= 0.3 is 6.03 Å². The lowest BCUT2D eigenvalue weighted by Gasteiger charge is -2.17. The van der Waals surface area contributed by atoms with Crippen molar-refractivity contribution in [3.05, 3.63) is 30.1 Å². The third-order valence-corrected chi connectivity index (χ3v) is 2.28. The molecule has 0 aliphatic carbocycles. The Kier molecular flexibility index (Phi) is 5.32. The summed E-state index contributed by atoms with van der Waals surface area (Å²) in [7, 11) is 1.77. The summed E-state index contributed by atoms with van der Waals surface area (Å²) in [6, 6.07) is 5.66. The Morgan fingerprint density at radius 3 is 2.94 bits per heavy atom. The minimum atomic E-state index is -0.0425. The number of carbonyl (C=O) groups is 1. The maximum atomic E-state index is 11.6. The highest BCUT2D eigenvalue weighted by Gasteiger charge is 2.07. The third kappa shape index (κ3) is 4.29. The predicted molar refractivity (Wildman–Crippen MR) is 64.0 cm³/mol. The number of nitrogens with one attached hydrogen (secondary N) is 1. The van der Waals surface area contributed by atoms with E-state index in [-0.39, 0.29) is 6.03 Å². The molecule has 88 valence electrons. The van der Waals surface area contributed by atoms with Gasteiger partial charge in [0.2, 0.25) is 0 Å². The van der Waals surface area contributed by atoms with Gasteiger partial charge in [-0.3, -0.25) is 4.98 Å². The van der Waals surface area contributed by atoms with Gasteiger partial charge in [-0.25, -0.2) is 4.79 Å². The fourth-order valence-electron chi connectivity index (χ4n) is 1.31. The molecule has 4 heteroatoms. The van der Waals surface area contributed by atoms with Gasteiger partial charge in [0.1, 0.15) is 0 Å². The predicted octanol–water partition coefficient (Wildman–Crippen LogP) is 2.02. The van der Waals surface area contributed by atoms with E-state index >= 15 is 0 Å².